The molecule has 0 unspecified atom stereocenters. The van der Waals surface area contributed by atoms with E-state index in [1.54, 1.807) is 0 Å². The third kappa shape index (κ3) is 4.41. The number of H-pyrrole nitrogens is 1. The van der Waals surface area contributed by atoms with E-state index in [1.165, 1.54) is 5.56 Å². The summed E-state index contributed by atoms with van der Waals surface area (Å²) in [6, 6.07) is 10.4. The van der Waals surface area contributed by atoms with Gasteiger partial charge in [0.1, 0.15) is 0 Å². The molecule has 0 spiro atoms. The first-order valence-electron chi connectivity index (χ1n) is 6.59. The fourth-order valence-corrected chi connectivity index (χ4v) is 1.92. The molecule has 2 aromatic rings. The Labute approximate surface area is 114 Å². The van der Waals surface area contributed by atoms with Crippen LogP contribution in [0.5, 0.6) is 5.88 Å². The first-order valence-corrected chi connectivity index (χ1v) is 6.59. The van der Waals surface area contributed by atoms with Crippen molar-refractivity contribution in [1.29, 1.82) is 0 Å². The van der Waals surface area contributed by atoms with Gasteiger partial charge in [0.25, 0.3) is 0 Å². The number of hydrogen-bond acceptors (Lipinski definition) is 3. The minimum Gasteiger partial charge on any atom is -0.478 e. The highest BCUT2D eigenvalue weighted by atomic mass is 16.5. The fourth-order valence-electron chi connectivity index (χ4n) is 1.92. The molecule has 0 saturated heterocycles. The second-order valence-corrected chi connectivity index (χ2v) is 4.89. The molecule has 1 aromatic heterocycles. The topological polar surface area (TPSA) is 41.1 Å². The Morgan fingerprint density at radius 1 is 1.21 bits per heavy atom. The summed E-state index contributed by atoms with van der Waals surface area (Å²) in [5.41, 5.74) is 2.37. The second-order valence-electron chi connectivity index (χ2n) is 4.89. The summed E-state index contributed by atoms with van der Waals surface area (Å²) in [6.07, 6.45) is 3.70. The van der Waals surface area contributed by atoms with Gasteiger partial charge in [-0.25, -0.2) is 5.10 Å². The Balaban J connectivity index is 1.87. The van der Waals surface area contributed by atoms with Gasteiger partial charge in [0.15, 0.2) is 0 Å². The highest BCUT2D eigenvalue weighted by Gasteiger charge is 2.07. The number of benzene rings is 1. The molecule has 19 heavy (non-hydrogen) atoms. The molecule has 1 heterocycles. The molecule has 0 fully saturated rings. The summed E-state index contributed by atoms with van der Waals surface area (Å²) >= 11 is 0. The van der Waals surface area contributed by atoms with Crippen molar-refractivity contribution in [3.63, 3.8) is 0 Å². The number of ether oxygens (including phenoxy) is 1. The van der Waals surface area contributed by atoms with Gasteiger partial charge in [0, 0.05) is 18.5 Å². The van der Waals surface area contributed by atoms with Crippen LogP contribution in [-0.2, 0) is 6.42 Å². The second kappa shape index (κ2) is 6.95. The van der Waals surface area contributed by atoms with Crippen molar-refractivity contribution >= 4 is 0 Å². The van der Waals surface area contributed by atoms with Crippen LogP contribution in [-0.4, -0.2) is 42.3 Å². The number of nitrogens with one attached hydrogen (secondary N) is 1. The van der Waals surface area contributed by atoms with Crippen molar-refractivity contribution in [2.24, 2.45) is 0 Å². The maximum Gasteiger partial charge on any atom is 0.212 e. The van der Waals surface area contributed by atoms with Gasteiger partial charge in [0.2, 0.25) is 5.88 Å². The van der Waals surface area contributed by atoms with Gasteiger partial charge in [0.05, 0.1) is 12.8 Å². The number of nitrogens with zero attached hydrogens (tertiary/aromatic N) is 2. The molecule has 4 heteroatoms. The third-order valence-corrected chi connectivity index (χ3v) is 2.91. The minimum atomic E-state index is 0.710. The number of hydrogen-bond donors (Lipinski definition) is 1. The van der Waals surface area contributed by atoms with Crippen molar-refractivity contribution in [3.8, 4) is 5.88 Å². The van der Waals surface area contributed by atoms with Gasteiger partial charge in [-0.1, -0.05) is 30.3 Å². The SMILES string of the molecule is CN(C)CCCOc1[nH]ncc1Cc1ccccc1. The van der Waals surface area contributed by atoms with Gasteiger partial charge < -0.3 is 9.64 Å². The quantitative estimate of drug-likeness (QED) is 0.776. The van der Waals surface area contributed by atoms with Crippen LogP contribution in [0.1, 0.15) is 17.5 Å². The molecular weight excluding hydrogens is 238 g/mol. The molecule has 0 aliphatic carbocycles. The fraction of sp³-hybridized carbons (Fsp3) is 0.400. The molecule has 0 atom stereocenters. The standard InChI is InChI=1S/C15H21N3O/c1-18(2)9-6-10-19-15-14(12-16-17-15)11-13-7-4-3-5-8-13/h3-5,7-8,12H,6,9-11H2,1-2H3,(H,16,17). The van der Waals surface area contributed by atoms with Gasteiger partial charge in [-0.15, -0.1) is 0 Å². The Morgan fingerprint density at radius 3 is 2.74 bits per heavy atom. The van der Waals surface area contributed by atoms with Crippen LogP contribution < -0.4 is 4.74 Å². The van der Waals surface area contributed by atoms with E-state index in [4.69, 9.17) is 4.74 Å². The average molecular weight is 259 g/mol. The van der Waals surface area contributed by atoms with Crippen molar-refractivity contribution in [1.82, 2.24) is 15.1 Å². The number of aromatic amines is 1. The van der Waals surface area contributed by atoms with Crippen molar-refractivity contribution in [2.45, 2.75) is 12.8 Å². The van der Waals surface area contributed by atoms with Crippen LogP contribution in [0.25, 0.3) is 0 Å². The number of aromatic nitrogens is 2. The van der Waals surface area contributed by atoms with E-state index < -0.39 is 0 Å². The minimum absolute atomic E-state index is 0.710. The summed E-state index contributed by atoms with van der Waals surface area (Å²) in [7, 11) is 4.13. The zero-order valence-electron chi connectivity index (χ0n) is 11.6. The van der Waals surface area contributed by atoms with Crippen LogP contribution in [0.2, 0.25) is 0 Å². The molecule has 0 saturated carbocycles. The van der Waals surface area contributed by atoms with Gasteiger partial charge in [-0.3, -0.25) is 0 Å². The van der Waals surface area contributed by atoms with Crippen LogP contribution in [0.3, 0.4) is 0 Å². The Kier molecular flexibility index (Phi) is 4.98. The molecule has 0 aliphatic heterocycles. The molecule has 1 N–H and O–H groups in total. The maximum absolute atomic E-state index is 5.76. The first-order chi connectivity index (χ1) is 9.25. The lowest BCUT2D eigenvalue weighted by molar-refractivity contribution is 0.271. The lowest BCUT2D eigenvalue weighted by Crippen LogP contribution is -2.15. The van der Waals surface area contributed by atoms with E-state index in [0.717, 1.165) is 30.8 Å². The zero-order chi connectivity index (χ0) is 13.5. The highest BCUT2D eigenvalue weighted by Crippen LogP contribution is 2.18. The van der Waals surface area contributed by atoms with Crippen LogP contribution in [0.4, 0.5) is 0 Å². The summed E-state index contributed by atoms with van der Waals surface area (Å²) in [6.45, 7) is 1.74. The van der Waals surface area contributed by atoms with E-state index in [1.807, 2.05) is 24.4 Å². The summed E-state index contributed by atoms with van der Waals surface area (Å²) in [5, 5.41) is 7.00. The molecule has 1 aromatic carbocycles. The maximum atomic E-state index is 5.76. The van der Waals surface area contributed by atoms with E-state index in [-0.39, 0.29) is 0 Å². The van der Waals surface area contributed by atoms with E-state index in [2.05, 4.69) is 41.3 Å². The largest absolute Gasteiger partial charge is 0.478 e. The molecule has 102 valence electrons. The zero-order valence-corrected chi connectivity index (χ0v) is 11.6. The monoisotopic (exact) mass is 259 g/mol. The Bertz CT molecular complexity index is 479. The number of rotatable bonds is 7. The summed E-state index contributed by atoms with van der Waals surface area (Å²) in [5.74, 6) is 0.794. The van der Waals surface area contributed by atoms with Gasteiger partial charge >= 0.3 is 0 Å². The highest BCUT2D eigenvalue weighted by molar-refractivity contribution is 5.30. The predicted octanol–water partition coefficient (Wildman–Crippen LogP) is 2.33. The molecule has 2 rings (SSSR count). The first kappa shape index (κ1) is 13.6. The molecule has 0 bridgehead atoms. The van der Waals surface area contributed by atoms with E-state index >= 15 is 0 Å². The normalized spacial score (nSPS) is 10.9. The smallest absolute Gasteiger partial charge is 0.212 e. The molecule has 0 radical (unpaired) electrons. The third-order valence-electron chi connectivity index (χ3n) is 2.91. The summed E-state index contributed by atoms with van der Waals surface area (Å²) in [4.78, 5) is 2.15. The average Bonchev–Trinajstić information content (AvgIpc) is 2.83. The molecule has 4 nitrogen and oxygen atoms in total. The molecular formula is C15H21N3O. The van der Waals surface area contributed by atoms with Crippen molar-refractivity contribution in [3.05, 3.63) is 47.7 Å². The van der Waals surface area contributed by atoms with Crippen molar-refractivity contribution in [2.75, 3.05) is 27.2 Å². The van der Waals surface area contributed by atoms with Gasteiger partial charge in [-0.2, -0.15) is 5.10 Å². The summed E-state index contributed by atoms with van der Waals surface area (Å²) < 4.78 is 5.76. The Morgan fingerprint density at radius 2 is 2.00 bits per heavy atom. The van der Waals surface area contributed by atoms with E-state index in [0.29, 0.717) is 6.61 Å². The van der Waals surface area contributed by atoms with E-state index in [9.17, 15) is 0 Å². The lowest BCUT2D eigenvalue weighted by atomic mass is 10.1. The van der Waals surface area contributed by atoms with Crippen molar-refractivity contribution < 1.29 is 4.74 Å². The lowest BCUT2D eigenvalue weighted by Gasteiger charge is -2.10. The van der Waals surface area contributed by atoms with Gasteiger partial charge in [-0.05, 0) is 26.1 Å². The van der Waals surface area contributed by atoms with Crippen LogP contribution in [0, 0.1) is 0 Å². The van der Waals surface area contributed by atoms with Crippen LogP contribution >= 0.6 is 0 Å². The molecule has 0 aliphatic rings. The predicted molar refractivity (Wildman–Crippen MR) is 76.5 cm³/mol. The van der Waals surface area contributed by atoms with Crippen LogP contribution in [0.15, 0.2) is 36.5 Å². The molecule has 0 amide bonds. The Hall–Kier alpha value is -1.81.